The molecule has 0 saturated heterocycles. The summed E-state index contributed by atoms with van der Waals surface area (Å²) in [5.41, 5.74) is 0.246. The summed E-state index contributed by atoms with van der Waals surface area (Å²) in [6.45, 7) is 3.91. The Morgan fingerprint density at radius 2 is 2.06 bits per heavy atom. The van der Waals surface area contributed by atoms with Gasteiger partial charge in [-0.2, -0.15) is 0 Å². The number of hydrogen-bond donors (Lipinski definition) is 1. The van der Waals surface area contributed by atoms with Crippen LogP contribution in [0.3, 0.4) is 0 Å². The van der Waals surface area contributed by atoms with Gasteiger partial charge in [0.1, 0.15) is 5.75 Å². The predicted molar refractivity (Wildman–Crippen MR) is 75.3 cm³/mol. The largest absolute Gasteiger partial charge is 0.497 e. The van der Waals surface area contributed by atoms with Crippen molar-refractivity contribution < 1.29 is 9.84 Å². The Morgan fingerprint density at radius 1 is 1.28 bits per heavy atom. The second-order valence-corrected chi connectivity index (χ2v) is 6.00. The molecule has 0 aliphatic rings. The molecule has 1 aromatic heterocycles. The monoisotopic (exact) mass is 262 g/mol. The lowest BCUT2D eigenvalue weighted by Crippen LogP contribution is -2.22. The molecule has 0 spiro atoms. The van der Waals surface area contributed by atoms with Crippen LogP contribution in [-0.2, 0) is 12.0 Å². The molecule has 18 heavy (non-hydrogen) atoms. The van der Waals surface area contributed by atoms with Gasteiger partial charge in [-0.15, -0.1) is 11.3 Å². The third-order valence-electron chi connectivity index (χ3n) is 2.95. The minimum atomic E-state index is -0.828. The lowest BCUT2D eigenvalue weighted by atomic mass is 9.95. The third-order valence-corrected chi connectivity index (χ3v) is 4.21. The zero-order chi connectivity index (χ0) is 13.2. The van der Waals surface area contributed by atoms with E-state index in [1.165, 1.54) is 4.88 Å². The fraction of sp³-hybridized carbons (Fsp3) is 0.333. The molecule has 0 aliphatic heterocycles. The van der Waals surface area contributed by atoms with Crippen LogP contribution in [0.4, 0.5) is 0 Å². The molecule has 0 amide bonds. The molecule has 1 aromatic carbocycles. The van der Waals surface area contributed by atoms with Gasteiger partial charge in [-0.25, -0.2) is 0 Å². The fourth-order valence-corrected chi connectivity index (χ4v) is 2.90. The summed E-state index contributed by atoms with van der Waals surface area (Å²) >= 11 is 1.64. The van der Waals surface area contributed by atoms with Crippen LogP contribution < -0.4 is 4.74 Å². The molecule has 1 N–H and O–H groups in total. The quantitative estimate of drug-likeness (QED) is 0.913. The van der Waals surface area contributed by atoms with Gasteiger partial charge >= 0.3 is 0 Å². The van der Waals surface area contributed by atoms with Gasteiger partial charge in [0.05, 0.1) is 12.7 Å². The normalized spacial score (nSPS) is 14.2. The summed E-state index contributed by atoms with van der Waals surface area (Å²) in [6.07, 6.45) is 0.587. The average molecular weight is 262 g/mol. The number of ether oxygens (including phenoxy) is 1. The molecule has 1 unspecified atom stereocenters. The second-order valence-electron chi connectivity index (χ2n) is 4.71. The van der Waals surface area contributed by atoms with Gasteiger partial charge < -0.3 is 9.84 Å². The summed E-state index contributed by atoms with van der Waals surface area (Å²) in [5, 5.41) is 10.6. The van der Waals surface area contributed by atoms with Crippen LogP contribution in [0, 0.1) is 6.92 Å². The maximum Gasteiger partial charge on any atom is 0.119 e. The van der Waals surface area contributed by atoms with E-state index in [4.69, 9.17) is 4.74 Å². The van der Waals surface area contributed by atoms with E-state index < -0.39 is 5.60 Å². The Labute approximate surface area is 112 Å². The Bertz CT molecular complexity index is 529. The fourth-order valence-electron chi connectivity index (χ4n) is 1.99. The van der Waals surface area contributed by atoms with Crippen LogP contribution in [0.1, 0.15) is 22.2 Å². The maximum atomic E-state index is 10.6. The number of aliphatic hydroxyl groups is 1. The maximum absolute atomic E-state index is 10.6. The first kappa shape index (κ1) is 13.1. The topological polar surface area (TPSA) is 29.5 Å². The van der Waals surface area contributed by atoms with E-state index in [1.807, 2.05) is 43.3 Å². The van der Waals surface area contributed by atoms with Crippen LogP contribution in [0.25, 0.3) is 0 Å². The third kappa shape index (κ3) is 2.92. The molecule has 0 saturated carbocycles. The van der Waals surface area contributed by atoms with Crippen LogP contribution in [-0.4, -0.2) is 12.2 Å². The molecule has 2 nitrogen and oxygen atoms in total. The molecular formula is C15H18O2S. The van der Waals surface area contributed by atoms with Crippen molar-refractivity contribution in [2.75, 3.05) is 7.11 Å². The van der Waals surface area contributed by atoms with Gasteiger partial charge in [0, 0.05) is 16.2 Å². The van der Waals surface area contributed by atoms with E-state index >= 15 is 0 Å². The second kappa shape index (κ2) is 5.12. The molecule has 3 heteroatoms. The molecule has 2 rings (SSSR count). The lowest BCUT2D eigenvalue weighted by Gasteiger charge is -2.22. The van der Waals surface area contributed by atoms with Crippen molar-refractivity contribution in [3.63, 3.8) is 0 Å². The highest BCUT2D eigenvalue weighted by Gasteiger charge is 2.25. The molecule has 0 radical (unpaired) electrons. The van der Waals surface area contributed by atoms with Gasteiger partial charge in [-0.3, -0.25) is 0 Å². The highest BCUT2D eigenvalue weighted by atomic mass is 32.1. The van der Waals surface area contributed by atoms with Crippen molar-refractivity contribution in [2.24, 2.45) is 0 Å². The minimum absolute atomic E-state index is 0.587. The number of benzene rings is 1. The SMILES string of the molecule is COc1cccc(CC(C)(O)c2ccc(C)s2)c1. The lowest BCUT2D eigenvalue weighted by molar-refractivity contribution is 0.0614. The summed E-state index contributed by atoms with van der Waals surface area (Å²) in [5.74, 6) is 0.825. The molecule has 0 bridgehead atoms. The zero-order valence-corrected chi connectivity index (χ0v) is 11.8. The molecule has 0 aliphatic carbocycles. The van der Waals surface area contributed by atoms with E-state index in [0.29, 0.717) is 6.42 Å². The number of rotatable bonds is 4. The van der Waals surface area contributed by atoms with Crippen LogP contribution in [0.5, 0.6) is 5.75 Å². The van der Waals surface area contributed by atoms with Crippen molar-refractivity contribution in [2.45, 2.75) is 25.9 Å². The standard InChI is InChI=1S/C15H18O2S/c1-11-7-8-14(18-11)15(2,16)10-12-5-4-6-13(9-12)17-3/h4-9,16H,10H2,1-3H3. The smallest absolute Gasteiger partial charge is 0.119 e. The average Bonchev–Trinajstić information content (AvgIpc) is 2.76. The molecule has 1 heterocycles. The van der Waals surface area contributed by atoms with Crippen molar-refractivity contribution in [3.8, 4) is 5.75 Å². The highest BCUT2D eigenvalue weighted by Crippen LogP contribution is 2.31. The Kier molecular flexibility index (Phi) is 3.73. The van der Waals surface area contributed by atoms with Gasteiger partial charge in [0.2, 0.25) is 0 Å². The van der Waals surface area contributed by atoms with Crippen LogP contribution >= 0.6 is 11.3 Å². The first-order chi connectivity index (χ1) is 8.51. The van der Waals surface area contributed by atoms with Crippen molar-refractivity contribution in [1.29, 1.82) is 0 Å². The summed E-state index contributed by atoms with van der Waals surface area (Å²) in [7, 11) is 1.65. The number of aryl methyl sites for hydroxylation is 1. The Hall–Kier alpha value is -1.32. The van der Waals surface area contributed by atoms with E-state index in [1.54, 1.807) is 18.4 Å². The first-order valence-corrected chi connectivity index (χ1v) is 6.75. The van der Waals surface area contributed by atoms with Crippen LogP contribution in [0.15, 0.2) is 36.4 Å². The molecule has 96 valence electrons. The minimum Gasteiger partial charge on any atom is -0.497 e. The molecular weight excluding hydrogens is 244 g/mol. The van der Waals surface area contributed by atoms with E-state index in [-0.39, 0.29) is 0 Å². The number of thiophene rings is 1. The molecule has 1 atom stereocenters. The summed E-state index contributed by atoms with van der Waals surface area (Å²) in [4.78, 5) is 2.22. The molecule has 2 aromatic rings. The van der Waals surface area contributed by atoms with Gasteiger partial charge in [0.15, 0.2) is 0 Å². The number of hydrogen-bond acceptors (Lipinski definition) is 3. The Morgan fingerprint density at radius 3 is 2.67 bits per heavy atom. The van der Waals surface area contributed by atoms with Gasteiger partial charge in [0.25, 0.3) is 0 Å². The zero-order valence-electron chi connectivity index (χ0n) is 10.9. The van der Waals surface area contributed by atoms with Gasteiger partial charge in [-0.05, 0) is 43.7 Å². The number of methoxy groups -OCH3 is 1. The van der Waals surface area contributed by atoms with E-state index in [2.05, 4.69) is 6.92 Å². The Balaban J connectivity index is 2.21. The highest BCUT2D eigenvalue weighted by molar-refractivity contribution is 7.12. The van der Waals surface area contributed by atoms with Crippen LogP contribution in [0.2, 0.25) is 0 Å². The van der Waals surface area contributed by atoms with E-state index in [9.17, 15) is 5.11 Å². The van der Waals surface area contributed by atoms with Crippen molar-refractivity contribution in [1.82, 2.24) is 0 Å². The van der Waals surface area contributed by atoms with Gasteiger partial charge in [-0.1, -0.05) is 12.1 Å². The van der Waals surface area contributed by atoms with Crippen molar-refractivity contribution in [3.05, 3.63) is 51.7 Å². The predicted octanol–water partition coefficient (Wildman–Crippen LogP) is 3.52. The summed E-state index contributed by atoms with van der Waals surface area (Å²) < 4.78 is 5.20. The van der Waals surface area contributed by atoms with E-state index in [0.717, 1.165) is 16.2 Å². The molecule has 0 fully saturated rings. The summed E-state index contributed by atoms with van der Waals surface area (Å²) in [6, 6.07) is 11.9. The first-order valence-electron chi connectivity index (χ1n) is 5.93. The van der Waals surface area contributed by atoms with Crippen molar-refractivity contribution >= 4 is 11.3 Å².